The van der Waals surface area contributed by atoms with Crippen molar-refractivity contribution >= 4 is 40.0 Å². The van der Waals surface area contributed by atoms with Gasteiger partial charge in [-0.1, -0.05) is 31.2 Å². The summed E-state index contributed by atoms with van der Waals surface area (Å²) in [6.45, 7) is 6.50. The van der Waals surface area contributed by atoms with Gasteiger partial charge in [-0.3, -0.25) is 4.99 Å². The van der Waals surface area contributed by atoms with Gasteiger partial charge in [0.15, 0.2) is 5.96 Å². The van der Waals surface area contributed by atoms with Gasteiger partial charge in [-0.05, 0) is 56.6 Å². The summed E-state index contributed by atoms with van der Waals surface area (Å²) in [6.07, 6.45) is 4.82. The molecule has 0 aromatic heterocycles. The number of hydrogen-bond donors (Lipinski definition) is 3. The van der Waals surface area contributed by atoms with Gasteiger partial charge in [0.05, 0.1) is 5.75 Å². The van der Waals surface area contributed by atoms with Crippen LogP contribution in [-0.2, 0) is 22.3 Å². The number of nitrogens with one attached hydrogen (secondary N) is 3. The van der Waals surface area contributed by atoms with Crippen molar-refractivity contribution in [3.63, 3.8) is 0 Å². The molecule has 1 aliphatic rings. The third kappa shape index (κ3) is 8.65. The van der Waals surface area contributed by atoms with Gasteiger partial charge in [0, 0.05) is 25.7 Å². The average molecular weight is 522 g/mol. The summed E-state index contributed by atoms with van der Waals surface area (Å²) in [7, 11) is -1.58. The van der Waals surface area contributed by atoms with E-state index in [1.165, 1.54) is 12.8 Å². The van der Waals surface area contributed by atoms with Crippen molar-refractivity contribution in [1.82, 2.24) is 15.4 Å². The maximum absolute atomic E-state index is 12.3. The molecule has 0 heterocycles. The van der Waals surface area contributed by atoms with E-state index in [1.54, 1.807) is 7.05 Å². The lowest BCUT2D eigenvalue weighted by Gasteiger charge is -2.28. The van der Waals surface area contributed by atoms with Crippen LogP contribution in [0.25, 0.3) is 0 Å². The Balaban J connectivity index is 0.00000392. The Morgan fingerprint density at radius 3 is 2.32 bits per heavy atom. The maximum Gasteiger partial charge on any atom is 0.216 e. The van der Waals surface area contributed by atoms with Crippen molar-refractivity contribution in [2.45, 2.75) is 70.8 Å². The summed E-state index contributed by atoms with van der Waals surface area (Å²) in [5.74, 6) is 1.56. The molecule has 0 saturated heterocycles. The number of rotatable bonds is 7. The predicted octanol–water partition coefficient (Wildman–Crippen LogP) is 3.38. The zero-order chi connectivity index (χ0) is 19.9. The Labute approximate surface area is 187 Å². The maximum atomic E-state index is 12.3. The standard InChI is InChI=1S/C20H34N4O2S.HI/c1-15(2)24-27(25,26)14-18-8-6-5-7-17(18)13-22-20(21-4)23-19-11-9-16(3)10-12-19;/h5-8,15-16,19,24H,9-14H2,1-4H3,(H2,21,22,23);1H. The highest BCUT2D eigenvalue weighted by molar-refractivity contribution is 14.0. The van der Waals surface area contributed by atoms with E-state index in [9.17, 15) is 8.42 Å². The number of benzene rings is 1. The summed E-state index contributed by atoms with van der Waals surface area (Å²) < 4.78 is 27.2. The molecule has 1 saturated carbocycles. The van der Waals surface area contributed by atoms with Crippen molar-refractivity contribution in [2.75, 3.05) is 7.05 Å². The molecule has 6 nitrogen and oxygen atoms in total. The van der Waals surface area contributed by atoms with Crippen molar-refractivity contribution < 1.29 is 8.42 Å². The average Bonchev–Trinajstić information content (AvgIpc) is 2.60. The molecule has 0 unspecified atom stereocenters. The molecule has 0 radical (unpaired) electrons. The molecule has 0 amide bonds. The number of nitrogens with zero attached hydrogens (tertiary/aromatic N) is 1. The highest BCUT2D eigenvalue weighted by Gasteiger charge is 2.19. The van der Waals surface area contributed by atoms with Crippen LogP contribution in [0.15, 0.2) is 29.3 Å². The zero-order valence-corrected chi connectivity index (χ0v) is 20.5. The quantitative estimate of drug-likeness (QED) is 0.292. The lowest BCUT2D eigenvalue weighted by atomic mass is 9.87. The first kappa shape index (κ1) is 25.2. The number of halogens is 1. The largest absolute Gasteiger partial charge is 0.354 e. The third-order valence-corrected chi connectivity index (χ3v) is 6.43. The molecular weight excluding hydrogens is 487 g/mol. The zero-order valence-electron chi connectivity index (χ0n) is 17.4. The molecule has 0 bridgehead atoms. The van der Waals surface area contributed by atoms with Crippen LogP contribution in [0.5, 0.6) is 0 Å². The number of hydrogen-bond acceptors (Lipinski definition) is 3. The van der Waals surface area contributed by atoms with Crippen LogP contribution < -0.4 is 15.4 Å². The van der Waals surface area contributed by atoms with Gasteiger partial charge >= 0.3 is 0 Å². The molecule has 1 aliphatic carbocycles. The van der Waals surface area contributed by atoms with Crippen LogP contribution in [0, 0.1) is 5.92 Å². The lowest BCUT2D eigenvalue weighted by molar-refractivity contribution is 0.329. The minimum atomic E-state index is -3.35. The van der Waals surface area contributed by atoms with E-state index in [0.717, 1.165) is 35.8 Å². The van der Waals surface area contributed by atoms with E-state index in [4.69, 9.17) is 0 Å². The molecule has 1 aromatic carbocycles. The highest BCUT2D eigenvalue weighted by atomic mass is 127. The van der Waals surface area contributed by atoms with E-state index < -0.39 is 10.0 Å². The van der Waals surface area contributed by atoms with Crippen LogP contribution in [-0.4, -0.2) is 33.5 Å². The SMILES string of the molecule is CN=C(NCc1ccccc1CS(=O)(=O)NC(C)C)NC1CCC(C)CC1.I. The molecule has 2 rings (SSSR count). The minimum absolute atomic E-state index is 0. The van der Waals surface area contributed by atoms with Crippen LogP contribution >= 0.6 is 24.0 Å². The predicted molar refractivity (Wildman–Crippen MR) is 128 cm³/mol. The van der Waals surface area contributed by atoms with Crippen LogP contribution in [0.2, 0.25) is 0 Å². The second kappa shape index (κ2) is 12.0. The van der Waals surface area contributed by atoms with E-state index in [2.05, 4.69) is 27.3 Å². The van der Waals surface area contributed by atoms with Crippen molar-refractivity contribution in [3.05, 3.63) is 35.4 Å². The molecule has 160 valence electrons. The normalized spacial score (nSPS) is 20.5. The first-order chi connectivity index (χ1) is 12.8. The van der Waals surface area contributed by atoms with E-state index in [-0.39, 0.29) is 35.8 Å². The van der Waals surface area contributed by atoms with E-state index in [1.807, 2.05) is 38.1 Å². The summed E-state index contributed by atoms with van der Waals surface area (Å²) in [6, 6.07) is 7.99. The van der Waals surface area contributed by atoms with Gasteiger partial charge in [-0.15, -0.1) is 24.0 Å². The van der Waals surface area contributed by atoms with Crippen LogP contribution in [0.3, 0.4) is 0 Å². The van der Waals surface area contributed by atoms with Gasteiger partial charge in [0.2, 0.25) is 10.0 Å². The van der Waals surface area contributed by atoms with Crippen molar-refractivity contribution in [2.24, 2.45) is 10.9 Å². The molecule has 0 spiro atoms. The molecule has 8 heteroatoms. The Hall–Kier alpha value is -0.870. The fourth-order valence-electron chi connectivity index (χ4n) is 3.45. The monoisotopic (exact) mass is 522 g/mol. The lowest BCUT2D eigenvalue weighted by Crippen LogP contribution is -2.44. The first-order valence-electron chi connectivity index (χ1n) is 9.83. The Morgan fingerprint density at radius 2 is 1.75 bits per heavy atom. The highest BCUT2D eigenvalue weighted by Crippen LogP contribution is 2.23. The van der Waals surface area contributed by atoms with Crippen LogP contribution in [0.1, 0.15) is 57.6 Å². The Bertz CT molecular complexity index is 729. The van der Waals surface area contributed by atoms with Gasteiger partial charge < -0.3 is 10.6 Å². The van der Waals surface area contributed by atoms with E-state index >= 15 is 0 Å². The fraction of sp³-hybridized carbons (Fsp3) is 0.650. The minimum Gasteiger partial charge on any atom is -0.354 e. The van der Waals surface area contributed by atoms with Crippen molar-refractivity contribution in [1.29, 1.82) is 0 Å². The molecule has 1 aromatic rings. The van der Waals surface area contributed by atoms with Gasteiger partial charge in [0.25, 0.3) is 0 Å². The molecule has 0 atom stereocenters. The molecule has 3 N–H and O–H groups in total. The van der Waals surface area contributed by atoms with Gasteiger partial charge in [-0.25, -0.2) is 13.1 Å². The van der Waals surface area contributed by atoms with Crippen LogP contribution in [0.4, 0.5) is 0 Å². The second-order valence-corrected chi connectivity index (χ2v) is 9.58. The second-order valence-electron chi connectivity index (χ2n) is 7.83. The first-order valence-corrected chi connectivity index (χ1v) is 11.5. The summed E-state index contributed by atoms with van der Waals surface area (Å²) in [5, 5.41) is 6.83. The number of aliphatic imine (C=N–C) groups is 1. The molecular formula is C20H35IN4O2S. The molecule has 28 heavy (non-hydrogen) atoms. The smallest absolute Gasteiger partial charge is 0.216 e. The Kier molecular flexibility index (Phi) is 10.8. The fourth-order valence-corrected chi connectivity index (χ4v) is 4.94. The number of sulfonamides is 1. The van der Waals surface area contributed by atoms with Crippen molar-refractivity contribution in [3.8, 4) is 0 Å². The summed E-state index contributed by atoms with van der Waals surface area (Å²) >= 11 is 0. The molecule has 0 aliphatic heterocycles. The topological polar surface area (TPSA) is 82.6 Å². The van der Waals surface area contributed by atoms with Gasteiger partial charge in [-0.2, -0.15) is 0 Å². The van der Waals surface area contributed by atoms with E-state index in [0.29, 0.717) is 12.6 Å². The number of guanidine groups is 1. The Morgan fingerprint density at radius 1 is 1.14 bits per heavy atom. The summed E-state index contributed by atoms with van der Waals surface area (Å²) in [4.78, 5) is 4.32. The summed E-state index contributed by atoms with van der Waals surface area (Å²) in [5.41, 5.74) is 1.77. The molecule has 1 fully saturated rings. The van der Waals surface area contributed by atoms with Gasteiger partial charge in [0.1, 0.15) is 0 Å². The third-order valence-electron chi connectivity index (χ3n) is 4.91.